The van der Waals surface area contributed by atoms with Crippen LogP contribution in [0.5, 0.6) is 0 Å². The highest BCUT2D eigenvalue weighted by Gasteiger charge is 2.16. The van der Waals surface area contributed by atoms with E-state index >= 15 is 0 Å². The number of nitriles is 3. The van der Waals surface area contributed by atoms with E-state index in [1.807, 2.05) is 91.0 Å². The van der Waals surface area contributed by atoms with Crippen molar-refractivity contribution in [2.45, 2.75) is 0 Å². The molecule has 0 saturated carbocycles. The number of benzene rings is 3. The Labute approximate surface area is 275 Å². The summed E-state index contributed by atoms with van der Waals surface area (Å²) in [6, 6.07) is 35.1. The lowest BCUT2D eigenvalue weighted by Crippen LogP contribution is -2.01. The van der Waals surface area contributed by atoms with Gasteiger partial charge in [0, 0.05) is 70.6 Å². The smallest absolute Gasteiger partial charge is 0.164 e. The fourth-order valence-corrected chi connectivity index (χ4v) is 5.45. The first kappa shape index (κ1) is 29.3. The van der Waals surface area contributed by atoms with Gasteiger partial charge in [0.05, 0.1) is 16.7 Å². The predicted octanol–water partition coefficient (Wildman–Crippen LogP) is 7.67. The molecule has 9 nitrogen and oxygen atoms in total. The van der Waals surface area contributed by atoms with Gasteiger partial charge in [-0.2, -0.15) is 15.8 Å². The lowest BCUT2D eigenvalue weighted by Gasteiger charge is -2.12. The molecule has 0 spiro atoms. The third kappa shape index (κ3) is 5.73. The van der Waals surface area contributed by atoms with Crippen molar-refractivity contribution >= 4 is 0 Å². The monoisotopic (exact) mass is 615 g/mol. The highest BCUT2D eigenvalue weighted by atomic mass is 15.0. The molecular formula is C39H21N9. The van der Waals surface area contributed by atoms with E-state index in [1.54, 1.807) is 37.2 Å². The molecule has 9 heteroatoms. The van der Waals surface area contributed by atoms with E-state index in [1.165, 1.54) is 0 Å². The van der Waals surface area contributed by atoms with Gasteiger partial charge in [-0.05, 0) is 53.1 Å². The maximum absolute atomic E-state index is 9.70. The van der Waals surface area contributed by atoms with Crippen molar-refractivity contribution in [3.8, 4) is 85.8 Å². The van der Waals surface area contributed by atoms with Gasteiger partial charge in [0.2, 0.25) is 0 Å². The maximum atomic E-state index is 9.70. The van der Waals surface area contributed by atoms with E-state index in [0.717, 1.165) is 50.1 Å². The Hall–Kier alpha value is -7.41. The molecule has 0 aliphatic heterocycles. The minimum atomic E-state index is 0.434. The van der Waals surface area contributed by atoms with E-state index in [0.29, 0.717) is 34.2 Å². The van der Waals surface area contributed by atoms with Crippen LogP contribution in [0.1, 0.15) is 16.7 Å². The molecule has 7 aromatic rings. The molecule has 0 unspecified atom stereocenters. The van der Waals surface area contributed by atoms with E-state index in [4.69, 9.17) is 15.0 Å². The molecule has 0 bridgehead atoms. The summed E-state index contributed by atoms with van der Waals surface area (Å²) in [7, 11) is 0. The fraction of sp³-hybridized carbons (Fsp3) is 0. The molecule has 0 radical (unpaired) electrons. The molecule has 0 amide bonds. The summed E-state index contributed by atoms with van der Waals surface area (Å²) in [5.74, 6) is 1.30. The van der Waals surface area contributed by atoms with Crippen molar-refractivity contribution in [3.05, 3.63) is 145 Å². The van der Waals surface area contributed by atoms with Crippen LogP contribution in [0.15, 0.2) is 128 Å². The van der Waals surface area contributed by atoms with E-state index in [-0.39, 0.29) is 0 Å². The summed E-state index contributed by atoms with van der Waals surface area (Å²) in [6.07, 6.45) is 9.60. The van der Waals surface area contributed by atoms with Gasteiger partial charge in [-0.15, -0.1) is 0 Å². The first-order valence-corrected chi connectivity index (χ1v) is 14.8. The largest absolute Gasteiger partial charge is 0.263 e. The summed E-state index contributed by atoms with van der Waals surface area (Å²) in [5, 5.41) is 29.1. The summed E-state index contributed by atoms with van der Waals surface area (Å²) < 4.78 is 0. The number of nitrogens with zero attached hydrogens (tertiary/aromatic N) is 9. The van der Waals surface area contributed by atoms with Gasteiger partial charge in [0.1, 0.15) is 18.2 Å². The molecule has 222 valence electrons. The summed E-state index contributed by atoms with van der Waals surface area (Å²) in [4.78, 5) is 27.1. The number of hydrogen-bond donors (Lipinski definition) is 0. The van der Waals surface area contributed by atoms with Crippen LogP contribution in [-0.2, 0) is 0 Å². The lowest BCUT2D eigenvalue weighted by atomic mass is 9.99. The quantitative estimate of drug-likeness (QED) is 0.184. The zero-order valence-electron chi connectivity index (χ0n) is 25.1. The van der Waals surface area contributed by atoms with Crippen LogP contribution >= 0.6 is 0 Å². The molecule has 48 heavy (non-hydrogen) atoms. The summed E-state index contributed by atoms with van der Waals surface area (Å²) in [5.41, 5.74) is 8.28. The van der Waals surface area contributed by atoms with E-state index in [2.05, 4.69) is 33.2 Å². The van der Waals surface area contributed by atoms with Crippen molar-refractivity contribution < 1.29 is 0 Å². The number of hydrogen-bond acceptors (Lipinski definition) is 9. The predicted molar refractivity (Wildman–Crippen MR) is 180 cm³/mol. The third-order valence-corrected chi connectivity index (χ3v) is 7.76. The van der Waals surface area contributed by atoms with Crippen LogP contribution in [0.3, 0.4) is 0 Å². The standard InChI is InChI=1S/C39H21N9/c40-19-31-22-43-13-10-34(31)25-4-1-7-28(16-25)37-46-38(29-8-2-5-26(17-29)35-11-14-44-23-32(35)20-41)48-39(47-37)30-9-3-6-27(18-30)36-12-15-45-24-33(36)21-42/h1-18,22-24H. The van der Waals surface area contributed by atoms with Crippen molar-refractivity contribution in [2.24, 2.45) is 0 Å². The average Bonchev–Trinajstić information content (AvgIpc) is 3.17. The van der Waals surface area contributed by atoms with Gasteiger partial charge < -0.3 is 0 Å². The van der Waals surface area contributed by atoms with Gasteiger partial charge in [0.15, 0.2) is 17.5 Å². The Balaban J connectivity index is 1.41. The highest BCUT2D eigenvalue weighted by molar-refractivity contribution is 5.79. The third-order valence-electron chi connectivity index (χ3n) is 7.76. The van der Waals surface area contributed by atoms with Gasteiger partial charge >= 0.3 is 0 Å². The SMILES string of the molecule is N#Cc1cnccc1-c1cccc(-c2nc(-c3cccc(-c4ccncc4C#N)c3)nc(-c3cccc(-c4ccncc4C#N)c3)n2)c1. The van der Waals surface area contributed by atoms with Gasteiger partial charge in [-0.1, -0.05) is 54.6 Å². The van der Waals surface area contributed by atoms with Crippen LogP contribution in [0, 0.1) is 34.0 Å². The minimum Gasteiger partial charge on any atom is -0.263 e. The van der Waals surface area contributed by atoms with Gasteiger partial charge in [0.25, 0.3) is 0 Å². The molecule has 0 N–H and O–H groups in total. The normalized spacial score (nSPS) is 10.4. The number of aromatic nitrogens is 6. The van der Waals surface area contributed by atoms with Crippen molar-refractivity contribution in [2.75, 3.05) is 0 Å². The second-order valence-corrected chi connectivity index (χ2v) is 10.6. The minimum absolute atomic E-state index is 0.434. The number of rotatable bonds is 6. The van der Waals surface area contributed by atoms with Crippen LogP contribution in [0.2, 0.25) is 0 Å². The Morgan fingerprint density at radius 2 is 0.667 bits per heavy atom. The van der Waals surface area contributed by atoms with Crippen molar-refractivity contribution in [3.63, 3.8) is 0 Å². The lowest BCUT2D eigenvalue weighted by molar-refractivity contribution is 1.07. The number of pyridine rings is 3. The molecule has 0 atom stereocenters. The van der Waals surface area contributed by atoms with Crippen LogP contribution < -0.4 is 0 Å². The van der Waals surface area contributed by atoms with Crippen molar-refractivity contribution in [1.29, 1.82) is 15.8 Å². The molecule has 7 rings (SSSR count). The summed E-state index contributed by atoms with van der Waals surface area (Å²) in [6.45, 7) is 0. The Kier molecular flexibility index (Phi) is 7.88. The molecule has 0 aliphatic rings. The van der Waals surface area contributed by atoms with E-state index < -0.39 is 0 Å². The van der Waals surface area contributed by atoms with Gasteiger partial charge in [-0.3, -0.25) is 15.0 Å². The first-order chi connectivity index (χ1) is 23.6. The molecular weight excluding hydrogens is 594 g/mol. The zero-order chi connectivity index (χ0) is 32.9. The topological polar surface area (TPSA) is 149 Å². The second kappa shape index (κ2) is 12.9. The molecule has 0 fully saturated rings. The van der Waals surface area contributed by atoms with Gasteiger partial charge in [-0.25, -0.2) is 15.0 Å². The Morgan fingerprint density at radius 3 is 0.958 bits per heavy atom. The molecule has 0 saturated heterocycles. The van der Waals surface area contributed by atoms with E-state index in [9.17, 15) is 15.8 Å². The second-order valence-electron chi connectivity index (χ2n) is 10.6. The summed E-state index contributed by atoms with van der Waals surface area (Å²) >= 11 is 0. The molecule has 4 aromatic heterocycles. The van der Waals surface area contributed by atoms with Crippen LogP contribution in [-0.4, -0.2) is 29.9 Å². The van der Waals surface area contributed by atoms with Crippen molar-refractivity contribution in [1.82, 2.24) is 29.9 Å². The fourth-order valence-electron chi connectivity index (χ4n) is 5.45. The van der Waals surface area contributed by atoms with Crippen LogP contribution in [0.4, 0.5) is 0 Å². The Bertz CT molecular complexity index is 2180. The maximum Gasteiger partial charge on any atom is 0.164 e. The average molecular weight is 616 g/mol. The molecule has 4 heterocycles. The molecule has 3 aromatic carbocycles. The first-order valence-electron chi connectivity index (χ1n) is 14.8. The zero-order valence-corrected chi connectivity index (χ0v) is 25.1. The molecule has 0 aliphatic carbocycles. The Morgan fingerprint density at radius 1 is 0.375 bits per heavy atom. The highest BCUT2D eigenvalue weighted by Crippen LogP contribution is 2.32. The van der Waals surface area contributed by atoms with Crippen LogP contribution in [0.25, 0.3) is 67.5 Å².